The van der Waals surface area contributed by atoms with E-state index in [0.717, 1.165) is 16.9 Å². The standard InChI is InChI=1S/C17H12ClN3O3S/c1-10-13(6-7-22-10)16-20-21-17(24-16)25-9-15-19-8-14(23-15)11-2-4-12(18)5-3-11/h2-8H,9H2,1H3. The van der Waals surface area contributed by atoms with Crippen LogP contribution in [-0.4, -0.2) is 15.2 Å². The Morgan fingerprint density at radius 3 is 2.68 bits per heavy atom. The maximum absolute atomic E-state index is 5.89. The molecule has 0 fully saturated rings. The Morgan fingerprint density at radius 1 is 1.08 bits per heavy atom. The first kappa shape index (κ1) is 16.0. The molecule has 1 aromatic carbocycles. The number of rotatable bonds is 5. The van der Waals surface area contributed by atoms with Gasteiger partial charge in [-0.3, -0.25) is 0 Å². The number of oxazole rings is 1. The highest BCUT2D eigenvalue weighted by molar-refractivity contribution is 7.98. The average molecular weight is 374 g/mol. The molecule has 0 saturated carbocycles. The Balaban J connectivity index is 1.43. The van der Waals surface area contributed by atoms with E-state index in [1.807, 2.05) is 31.2 Å². The minimum Gasteiger partial charge on any atom is -0.469 e. The van der Waals surface area contributed by atoms with Gasteiger partial charge in [-0.2, -0.15) is 0 Å². The van der Waals surface area contributed by atoms with Crippen molar-refractivity contribution >= 4 is 23.4 Å². The first-order chi connectivity index (χ1) is 12.2. The third-order valence-electron chi connectivity index (χ3n) is 3.50. The van der Waals surface area contributed by atoms with Crippen LogP contribution < -0.4 is 0 Å². The molecular formula is C17H12ClN3O3S. The quantitative estimate of drug-likeness (QED) is 0.442. The minimum absolute atomic E-state index is 0.433. The van der Waals surface area contributed by atoms with E-state index in [-0.39, 0.29) is 0 Å². The lowest BCUT2D eigenvalue weighted by Crippen LogP contribution is -1.79. The molecule has 25 heavy (non-hydrogen) atoms. The predicted molar refractivity (Wildman–Crippen MR) is 93.2 cm³/mol. The molecule has 0 atom stereocenters. The van der Waals surface area contributed by atoms with Crippen molar-refractivity contribution in [1.29, 1.82) is 0 Å². The van der Waals surface area contributed by atoms with E-state index in [1.54, 1.807) is 18.5 Å². The molecule has 0 aliphatic rings. The number of thioether (sulfide) groups is 1. The molecule has 3 aromatic heterocycles. The first-order valence-corrected chi connectivity index (χ1v) is 8.77. The van der Waals surface area contributed by atoms with E-state index in [2.05, 4.69) is 15.2 Å². The second kappa shape index (κ2) is 6.78. The summed E-state index contributed by atoms with van der Waals surface area (Å²) < 4.78 is 16.6. The second-order valence-corrected chi connectivity index (χ2v) is 6.54. The zero-order valence-corrected chi connectivity index (χ0v) is 14.7. The molecule has 8 heteroatoms. The van der Waals surface area contributed by atoms with Crippen molar-refractivity contribution in [3.05, 3.63) is 59.5 Å². The topological polar surface area (TPSA) is 78.1 Å². The Kier molecular flexibility index (Phi) is 4.33. The normalized spacial score (nSPS) is 11.1. The Morgan fingerprint density at radius 2 is 1.92 bits per heavy atom. The molecule has 0 radical (unpaired) electrons. The molecule has 0 unspecified atom stereocenters. The number of aromatic nitrogens is 3. The summed E-state index contributed by atoms with van der Waals surface area (Å²) in [6, 6.07) is 9.19. The predicted octanol–water partition coefficient (Wildman–Crippen LogP) is 5.24. The summed E-state index contributed by atoms with van der Waals surface area (Å²) >= 11 is 7.25. The van der Waals surface area contributed by atoms with E-state index in [4.69, 9.17) is 24.9 Å². The van der Waals surface area contributed by atoms with Gasteiger partial charge in [-0.1, -0.05) is 23.4 Å². The highest BCUT2D eigenvalue weighted by atomic mass is 35.5. The Labute approximate surface area is 152 Å². The molecule has 0 aliphatic heterocycles. The van der Waals surface area contributed by atoms with Gasteiger partial charge in [-0.15, -0.1) is 10.2 Å². The van der Waals surface area contributed by atoms with Crippen molar-refractivity contribution in [3.63, 3.8) is 0 Å². The van der Waals surface area contributed by atoms with Gasteiger partial charge in [0.05, 0.1) is 23.8 Å². The minimum atomic E-state index is 0.433. The highest BCUT2D eigenvalue weighted by Gasteiger charge is 2.14. The smallest absolute Gasteiger partial charge is 0.277 e. The van der Waals surface area contributed by atoms with Crippen LogP contribution >= 0.6 is 23.4 Å². The van der Waals surface area contributed by atoms with Crippen molar-refractivity contribution in [2.75, 3.05) is 0 Å². The van der Waals surface area contributed by atoms with Crippen LogP contribution in [0, 0.1) is 6.92 Å². The van der Waals surface area contributed by atoms with E-state index >= 15 is 0 Å². The maximum Gasteiger partial charge on any atom is 0.277 e. The first-order valence-electron chi connectivity index (χ1n) is 7.40. The number of hydrogen-bond donors (Lipinski definition) is 0. The molecule has 0 spiro atoms. The highest BCUT2D eigenvalue weighted by Crippen LogP contribution is 2.29. The molecule has 0 saturated heterocycles. The van der Waals surface area contributed by atoms with Gasteiger partial charge in [0.25, 0.3) is 11.1 Å². The van der Waals surface area contributed by atoms with Gasteiger partial charge < -0.3 is 13.3 Å². The molecule has 0 aliphatic carbocycles. The molecule has 0 amide bonds. The fourth-order valence-electron chi connectivity index (χ4n) is 2.23. The van der Waals surface area contributed by atoms with E-state index in [9.17, 15) is 0 Å². The number of halogens is 1. The number of benzene rings is 1. The van der Waals surface area contributed by atoms with Crippen molar-refractivity contribution in [2.45, 2.75) is 17.9 Å². The molecule has 4 rings (SSSR count). The number of hydrogen-bond acceptors (Lipinski definition) is 7. The van der Waals surface area contributed by atoms with Crippen LogP contribution in [0.3, 0.4) is 0 Å². The largest absolute Gasteiger partial charge is 0.469 e. The monoisotopic (exact) mass is 373 g/mol. The fraction of sp³-hybridized carbons (Fsp3) is 0.118. The molecule has 126 valence electrons. The zero-order valence-electron chi connectivity index (χ0n) is 13.1. The zero-order chi connectivity index (χ0) is 17.2. The van der Waals surface area contributed by atoms with Gasteiger partial charge >= 0.3 is 0 Å². The van der Waals surface area contributed by atoms with Crippen LogP contribution in [0.25, 0.3) is 22.8 Å². The maximum atomic E-state index is 5.89. The summed E-state index contributed by atoms with van der Waals surface area (Å²) in [6.07, 6.45) is 3.28. The van der Waals surface area contributed by atoms with Crippen LogP contribution in [0.15, 0.2) is 61.3 Å². The van der Waals surface area contributed by atoms with Gasteiger partial charge in [-0.25, -0.2) is 4.98 Å². The van der Waals surface area contributed by atoms with Crippen LogP contribution in [0.1, 0.15) is 11.7 Å². The average Bonchev–Trinajstić information content (AvgIpc) is 3.33. The van der Waals surface area contributed by atoms with Gasteiger partial charge in [0, 0.05) is 10.6 Å². The summed E-state index contributed by atoms with van der Waals surface area (Å²) in [5, 5.41) is 9.18. The van der Waals surface area contributed by atoms with Crippen molar-refractivity contribution in [3.8, 4) is 22.8 Å². The Bertz CT molecular complexity index is 991. The van der Waals surface area contributed by atoms with Crippen molar-refractivity contribution in [1.82, 2.24) is 15.2 Å². The molecule has 0 bridgehead atoms. The number of nitrogens with zero attached hydrogens (tertiary/aromatic N) is 3. The van der Waals surface area contributed by atoms with Gasteiger partial charge in [-0.05, 0) is 37.3 Å². The summed E-state index contributed by atoms with van der Waals surface area (Å²) in [4.78, 5) is 4.28. The van der Waals surface area contributed by atoms with E-state index < -0.39 is 0 Å². The lowest BCUT2D eigenvalue weighted by atomic mass is 10.2. The van der Waals surface area contributed by atoms with Gasteiger partial charge in [0.15, 0.2) is 5.76 Å². The van der Waals surface area contributed by atoms with E-state index in [0.29, 0.717) is 33.5 Å². The van der Waals surface area contributed by atoms with E-state index in [1.165, 1.54) is 11.8 Å². The summed E-state index contributed by atoms with van der Waals surface area (Å²) in [5.41, 5.74) is 1.71. The molecule has 4 aromatic rings. The second-order valence-electron chi connectivity index (χ2n) is 5.18. The third kappa shape index (κ3) is 3.47. The summed E-state index contributed by atoms with van der Waals surface area (Å²) in [6.45, 7) is 1.84. The van der Waals surface area contributed by atoms with Crippen LogP contribution in [0.4, 0.5) is 0 Å². The van der Waals surface area contributed by atoms with Gasteiger partial charge in [0.1, 0.15) is 5.76 Å². The lowest BCUT2D eigenvalue weighted by Gasteiger charge is -1.96. The van der Waals surface area contributed by atoms with Crippen LogP contribution in [0.2, 0.25) is 5.02 Å². The van der Waals surface area contributed by atoms with Gasteiger partial charge in [0.2, 0.25) is 5.89 Å². The molecule has 6 nitrogen and oxygen atoms in total. The lowest BCUT2D eigenvalue weighted by molar-refractivity contribution is 0.462. The third-order valence-corrected chi connectivity index (χ3v) is 4.55. The van der Waals surface area contributed by atoms with Crippen LogP contribution in [-0.2, 0) is 5.75 Å². The molecule has 0 N–H and O–H groups in total. The summed E-state index contributed by atoms with van der Waals surface area (Å²) in [7, 11) is 0. The molecular weight excluding hydrogens is 362 g/mol. The van der Waals surface area contributed by atoms with Crippen LogP contribution in [0.5, 0.6) is 0 Å². The fourth-order valence-corrected chi connectivity index (χ4v) is 2.97. The summed E-state index contributed by atoms with van der Waals surface area (Å²) in [5.74, 6) is 2.92. The SMILES string of the molecule is Cc1occc1-c1nnc(SCc2ncc(-c3ccc(Cl)cc3)o2)o1. The molecule has 3 heterocycles. The number of aryl methyl sites for hydroxylation is 1. The Hall–Kier alpha value is -2.51. The van der Waals surface area contributed by atoms with Crippen molar-refractivity contribution in [2.24, 2.45) is 0 Å². The van der Waals surface area contributed by atoms with Crippen molar-refractivity contribution < 1.29 is 13.3 Å². The number of furan rings is 1.